The molecule has 0 radical (unpaired) electrons. The van der Waals surface area contributed by atoms with Crippen LogP contribution in [0.4, 0.5) is 0 Å². The Morgan fingerprint density at radius 3 is 2.64 bits per heavy atom. The molecule has 22 heavy (non-hydrogen) atoms. The normalized spacial score (nSPS) is 14.0. The number of hydrogen-bond donors (Lipinski definition) is 0. The number of carbonyl (C=O) groups excluding carboxylic acids is 1. The molecule has 3 rings (SSSR count). The second-order valence-electron chi connectivity index (χ2n) is 5.59. The lowest BCUT2D eigenvalue weighted by Crippen LogP contribution is -2.29. The first-order valence-corrected chi connectivity index (χ1v) is 7.52. The van der Waals surface area contributed by atoms with E-state index < -0.39 is 0 Å². The van der Waals surface area contributed by atoms with Crippen LogP contribution in [0.25, 0.3) is 0 Å². The van der Waals surface area contributed by atoms with Crippen molar-refractivity contribution in [3.05, 3.63) is 53.6 Å². The van der Waals surface area contributed by atoms with E-state index in [2.05, 4.69) is 11.1 Å². The van der Waals surface area contributed by atoms with Crippen molar-refractivity contribution < 1.29 is 4.79 Å². The van der Waals surface area contributed by atoms with Gasteiger partial charge in [0.25, 0.3) is 0 Å². The number of rotatable bonds is 4. The molecule has 0 spiro atoms. The third kappa shape index (κ3) is 3.17. The molecule has 1 aromatic heterocycles. The van der Waals surface area contributed by atoms with Crippen LogP contribution in [0.5, 0.6) is 0 Å². The topological polar surface area (TPSA) is 61.9 Å². The molecular formula is C17H18N4O. The van der Waals surface area contributed by atoms with Gasteiger partial charge in [0.2, 0.25) is 5.91 Å². The van der Waals surface area contributed by atoms with Crippen molar-refractivity contribution in [3.63, 3.8) is 0 Å². The van der Waals surface area contributed by atoms with Crippen LogP contribution in [0.2, 0.25) is 0 Å². The zero-order chi connectivity index (χ0) is 15.4. The number of aromatic nitrogens is 2. The van der Waals surface area contributed by atoms with Crippen LogP contribution in [0, 0.1) is 11.3 Å². The van der Waals surface area contributed by atoms with E-state index >= 15 is 0 Å². The minimum atomic E-state index is 0.180. The lowest BCUT2D eigenvalue weighted by Gasteiger charge is -2.15. The molecule has 1 fully saturated rings. The molecule has 0 aliphatic carbocycles. The van der Waals surface area contributed by atoms with Gasteiger partial charge in [-0.1, -0.05) is 12.1 Å². The SMILES string of the molecule is N#Cc1ccc(Cn2cncc2CC(=O)N2CCCC2)cc1. The fourth-order valence-electron chi connectivity index (χ4n) is 2.75. The van der Waals surface area contributed by atoms with Crippen molar-refractivity contribution in [1.29, 1.82) is 5.26 Å². The van der Waals surface area contributed by atoms with Gasteiger partial charge in [0.05, 0.1) is 24.4 Å². The zero-order valence-electron chi connectivity index (χ0n) is 12.4. The second-order valence-corrected chi connectivity index (χ2v) is 5.59. The number of hydrogen-bond acceptors (Lipinski definition) is 3. The summed E-state index contributed by atoms with van der Waals surface area (Å²) < 4.78 is 2.00. The Bertz CT molecular complexity index is 690. The molecule has 1 aliphatic rings. The van der Waals surface area contributed by atoms with Gasteiger partial charge >= 0.3 is 0 Å². The summed E-state index contributed by atoms with van der Waals surface area (Å²) >= 11 is 0. The first-order valence-electron chi connectivity index (χ1n) is 7.52. The van der Waals surface area contributed by atoms with Crippen molar-refractivity contribution in [2.24, 2.45) is 0 Å². The van der Waals surface area contributed by atoms with Gasteiger partial charge in [0, 0.05) is 31.5 Å². The van der Waals surface area contributed by atoms with Crippen LogP contribution in [0.1, 0.15) is 29.7 Å². The van der Waals surface area contributed by atoms with Crippen LogP contribution < -0.4 is 0 Å². The summed E-state index contributed by atoms with van der Waals surface area (Å²) in [6.45, 7) is 2.42. The second kappa shape index (κ2) is 6.44. The summed E-state index contributed by atoms with van der Waals surface area (Å²) in [7, 11) is 0. The molecule has 0 saturated carbocycles. The Kier molecular flexibility index (Phi) is 4.19. The van der Waals surface area contributed by atoms with E-state index in [1.54, 1.807) is 24.7 Å². The van der Waals surface area contributed by atoms with E-state index in [-0.39, 0.29) is 5.91 Å². The molecule has 5 heteroatoms. The minimum Gasteiger partial charge on any atom is -0.342 e. The summed E-state index contributed by atoms with van der Waals surface area (Å²) in [5.74, 6) is 0.180. The molecule has 112 valence electrons. The number of likely N-dealkylation sites (tertiary alicyclic amines) is 1. The molecule has 0 unspecified atom stereocenters. The fourth-order valence-corrected chi connectivity index (χ4v) is 2.75. The van der Waals surface area contributed by atoms with Gasteiger partial charge in [-0.25, -0.2) is 4.98 Å². The summed E-state index contributed by atoms with van der Waals surface area (Å²) in [6.07, 6.45) is 6.13. The molecule has 1 aromatic carbocycles. The van der Waals surface area contributed by atoms with Crippen molar-refractivity contribution in [1.82, 2.24) is 14.5 Å². The van der Waals surface area contributed by atoms with Crippen molar-refractivity contribution in [2.45, 2.75) is 25.8 Å². The van der Waals surface area contributed by atoms with Crippen molar-refractivity contribution in [3.8, 4) is 6.07 Å². The molecule has 0 bridgehead atoms. The number of benzene rings is 1. The molecule has 5 nitrogen and oxygen atoms in total. The highest BCUT2D eigenvalue weighted by Crippen LogP contribution is 2.12. The van der Waals surface area contributed by atoms with Gasteiger partial charge in [0.1, 0.15) is 0 Å². The summed E-state index contributed by atoms with van der Waals surface area (Å²) in [6, 6.07) is 9.60. The third-order valence-corrected chi connectivity index (χ3v) is 4.03. The van der Waals surface area contributed by atoms with Crippen molar-refractivity contribution in [2.75, 3.05) is 13.1 Å². The Hall–Kier alpha value is -2.61. The van der Waals surface area contributed by atoms with E-state index in [0.717, 1.165) is 37.2 Å². The van der Waals surface area contributed by atoms with Crippen LogP contribution >= 0.6 is 0 Å². The van der Waals surface area contributed by atoms with Gasteiger partial charge in [-0.3, -0.25) is 4.79 Å². The number of imidazole rings is 1. The minimum absolute atomic E-state index is 0.180. The predicted octanol–water partition coefficient (Wildman–Crippen LogP) is 1.97. The fraction of sp³-hybridized carbons (Fsp3) is 0.353. The number of amides is 1. The van der Waals surface area contributed by atoms with Gasteiger partial charge < -0.3 is 9.47 Å². The molecule has 0 atom stereocenters. The van der Waals surface area contributed by atoms with Crippen LogP contribution in [-0.2, 0) is 17.8 Å². The van der Waals surface area contributed by atoms with Gasteiger partial charge in [-0.15, -0.1) is 0 Å². The first kappa shape index (κ1) is 14.3. The smallest absolute Gasteiger partial charge is 0.228 e. The zero-order valence-corrected chi connectivity index (χ0v) is 12.4. The van der Waals surface area contributed by atoms with Crippen LogP contribution in [-0.4, -0.2) is 33.4 Å². The Balaban J connectivity index is 1.68. The lowest BCUT2D eigenvalue weighted by atomic mass is 10.1. The average molecular weight is 294 g/mol. The Morgan fingerprint density at radius 2 is 1.95 bits per heavy atom. The largest absolute Gasteiger partial charge is 0.342 e. The van der Waals surface area contributed by atoms with E-state index in [1.807, 2.05) is 21.6 Å². The Morgan fingerprint density at radius 1 is 1.23 bits per heavy atom. The summed E-state index contributed by atoms with van der Waals surface area (Å²) in [4.78, 5) is 18.4. The number of nitrogens with zero attached hydrogens (tertiary/aromatic N) is 4. The standard InChI is InChI=1S/C17H18N4O/c18-10-14-3-5-15(6-4-14)12-21-13-19-11-16(21)9-17(22)20-7-1-2-8-20/h3-6,11,13H,1-2,7-9,12H2. The van der Waals surface area contributed by atoms with E-state index in [9.17, 15) is 4.79 Å². The van der Waals surface area contributed by atoms with Crippen LogP contribution in [0.3, 0.4) is 0 Å². The lowest BCUT2D eigenvalue weighted by molar-refractivity contribution is -0.129. The maximum absolute atomic E-state index is 12.2. The van der Waals surface area contributed by atoms with E-state index in [0.29, 0.717) is 18.5 Å². The quantitative estimate of drug-likeness (QED) is 0.866. The molecule has 1 saturated heterocycles. The highest BCUT2D eigenvalue weighted by Gasteiger charge is 2.19. The monoisotopic (exact) mass is 294 g/mol. The maximum atomic E-state index is 12.2. The van der Waals surface area contributed by atoms with Crippen LogP contribution in [0.15, 0.2) is 36.8 Å². The summed E-state index contributed by atoms with van der Waals surface area (Å²) in [5.41, 5.74) is 2.67. The first-order chi connectivity index (χ1) is 10.8. The number of nitriles is 1. The number of carbonyl (C=O) groups is 1. The highest BCUT2D eigenvalue weighted by molar-refractivity contribution is 5.78. The molecule has 1 amide bonds. The van der Waals surface area contributed by atoms with Gasteiger partial charge in [-0.05, 0) is 30.5 Å². The highest BCUT2D eigenvalue weighted by atomic mass is 16.2. The maximum Gasteiger partial charge on any atom is 0.228 e. The molecule has 0 N–H and O–H groups in total. The van der Waals surface area contributed by atoms with Crippen molar-refractivity contribution >= 4 is 5.91 Å². The third-order valence-electron chi connectivity index (χ3n) is 4.03. The average Bonchev–Trinajstić information content (AvgIpc) is 3.20. The van der Waals surface area contributed by atoms with E-state index in [4.69, 9.17) is 5.26 Å². The van der Waals surface area contributed by atoms with E-state index in [1.165, 1.54) is 0 Å². The molecule has 2 heterocycles. The predicted molar refractivity (Wildman–Crippen MR) is 82.0 cm³/mol. The molecule has 1 aliphatic heterocycles. The summed E-state index contributed by atoms with van der Waals surface area (Å²) in [5, 5.41) is 8.82. The van der Waals surface area contributed by atoms with Gasteiger partial charge in [0.15, 0.2) is 0 Å². The molecule has 2 aromatic rings. The molecular weight excluding hydrogens is 276 g/mol. The van der Waals surface area contributed by atoms with Gasteiger partial charge in [-0.2, -0.15) is 5.26 Å². The Labute approximate surface area is 129 Å².